The van der Waals surface area contributed by atoms with E-state index in [9.17, 15) is 14.0 Å². The first-order chi connectivity index (χ1) is 14.5. The van der Waals surface area contributed by atoms with Gasteiger partial charge in [-0.25, -0.2) is 4.39 Å². The highest BCUT2D eigenvalue weighted by Gasteiger charge is 2.39. The lowest BCUT2D eigenvalue weighted by molar-refractivity contribution is -0.136. The van der Waals surface area contributed by atoms with Crippen LogP contribution in [0.4, 0.5) is 10.1 Å². The molecule has 30 heavy (non-hydrogen) atoms. The van der Waals surface area contributed by atoms with Crippen LogP contribution in [-0.4, -0.2) is 23.3 Å². The minimum Gasteiger partial charge on any atom is -0.350 e. The van der Waals surface area contributed by atoms with Gasteiger partial charge in [0.2, 0.25) is 0 Å². The first-order valence-corrected chi connectivity index (χ1v) is 9.77. The van der Waals surface area contributed by atoms with Gasteiger partial charge in [0.1, 0.15) is 11.5 Å². The lowest BCUT2D eigenvalue weighted by Crippen LogP contribution is -2.34. The fourth-order valence-electron chi connectivity index (χ4n) is 3.51. The van der Waals surface area contributed by atoms with Crippen molar-refractivity contribution in [3.8, 4) is 0 Å². The molecule has 150 valence electrons. The van der Waals surface area contributed by atoms with Crippen molar-refractivity contribution < 1.29 is 14.0 Å². The summed E-state index contributed by atoms with van der Waals surface area (Å²) in [5.41, 5.74) is 3.73. The van der Waals surface area contributed by atoms with Crippen LogP contribution in [0.25, 0.3) is 5.57 Å². The Labute approximate surface area is 174 Å². The third-order valence-corrected chi connectivity index (χ3v) is 5.17. The van der Waals surface area contributed by atoms with Crippen LogP contribution in [0, 0.1) is 12.7 Å². The zero-order valence-electron chi connectivity index (χ0n) is 16.6. The van der Waals surface area contributed by atoms with E-state index in [4.69, 9.17) is 0 Å². The molecule has 2 amide bonds. The van der Waals surface area contributed by atoms with Crippen LogP contribution in [0.5, 0.6) is 0 Å². The summed E-state index contributed by atoms with van der Waals surface area (Å²) in [7, 11) is 0. The van der Waals surface area contributed by atoms with Crippen LogP contribution in [0.15, 0.2) is 84.6 Å². The van der Waals surface area contributed by atoms with Gasteiger partial charge in [0.25, 0.3) is 11.8 Å². The monoisotopic (exact) mass is 400 g/mol. The number of nitrogens with zero attached hydrogens (tertiary/aromatic N) is 1. The molecule has 0 fully saturated rings. The van der Waals surface area contributed by atoms with Crippen molar-refractivity contribution in [2.45, 2.75) is 13.3 Å². The van der Waals surface area contributed by atoms with Gasteiger partial charge in [-0.05, 0) is 48.2 Å². The highest BCUT2D eigenvalue weighted by atomic mass is 19.1. The Hall–Kier alpha value is -3.73. The number of hydrogen-bond acceptors (Lipinski definition) is 3. The molecule has 0 saturated heterocycles. The molecule has 5 heteroatoms. The van der Waals surface area contributed by atoms with Crippen molar-refractivity contribution in [3.63, 3.8) is 0 Å². The summed E-state index contributed by atoms with van der Waals surface area (Å²) in [6, 6.07) is 22.9. The highest BCUT2D eigenvalue weighted by Crippen LogP contribution is 2.31. The van der Waals surface area contributed by atoms with Gasteiger partial charge in [0, 0.05) is 12.2 Å². The highest BCUT2D eigenvalue weighted by molar-refractivity contribution is 6.36. The predicted molar refractivity (Wildman–Crippen MR) is 115 cm³/mol. The first kappa shape index (κ1) is 19.6. The molecule has 0 aliphatic carbocycles. The summed E-state index contributed by atoms with van der Waals surface area (Å²) < 4.78 is 13.4. The van der Waals surface area contributed by atoms with Crippen LogP contribution in [-0.2, 0) is 16.0 Å². The molecule has 0 spiro atoms. The molecule has 0 atom stereocenters. The number of hydrogen-bond donors (Lipinski definition) is 1. The summed E-state index contributed by atoms with van der Waals surface area (Å²) in [4.78, 5) is 27.7. The summed E-state index contributed by atoms with van der Waals surface area (Å²) in [6.07, 6.45) is 0.562. The summed E-state index contributed by atoms with van der Waals surface area (Å²) in [6.45, 7) is 2.19. The number of amides is 2. The zero-order chi connectivity index (χ0) is 21.1. The van der Waals surface area contributed by atoms with Gasteiger partial charge in [-0.1, -0.05) is 60.7 Å². The number of imide groups is 1. The third kappa shape index (κ3) is 3.87. The van der Waals surface area contributed by atoms with E-state index in [1.165, 1.54) is 29.2 Å². The smallest absolute Gasteiger partial charge is 0.278 e. The number of aryl methyl sites for hydroxylation is 1. The minimum atomic E-state index is -0.398. The first-order valence-electron chi connectivity index (χ1n) is 9.77. The lowest BCUT2D eigenvalue weighted by Gasteiger charge is -2.15. The lowest BCUT2D eigenvalue weighted by atomic mass is 10.0. The van der Waals surface area contributed by atoms with Crippen LogP contribution >= 0.6 is 0 Å². The van der Waals surface area contributed by atoms with E-state index >= 15 is 0 Å². The normalized spacial score (nSPS) is 13.9. The van der Waals surface area contributed by atoms with Crippen molar-refractivity contribution >= 4 is 23.1 Å². The van der Waals surface area contributed by atoms with Crippen LogP contribution in [0.2, 0.25) is 0 Å². The number of carbonyl (C=O) groups excluding carboxylic acids is 2. The molecule has 1 heterocycles. The molecule has 1 N–H and O–H groups in total. The van der Waals surface area contributed by atoms with Crippen LogP contribution in [0.3, 0.4) is 0 Å². The van der Waals surface area contributed by atoms with E-state index in [0.29, 0.717) is 12.0 Å². The molecule has 1 aliphatic rings. The third-order valence-electron chi connectivity index (χ3n) is 5.17. The average Bonchev–Trinajstić information content (AvgIpc) is 2.99. The van der Waals surface area contributed by atoms with Crippen LogP contribution in [0.1, 0.15) is 16.7 Å². The van der Waals surface area contributed by atoms with Gasteiger partial charge in [-0.15, -0.1) is 0 Å². The van der Waals surface area contributed by atoms with Gasteiger partial charge in [0.15, 0.2) is 0 Å². The van der Waals surface area contributed by atoms with Gasteiger partial charge < -0.3 is 5.32 Å². The number of carbonyl (C=O) groups is 2. The fraction of sp³-hybridized carbons (Fsp3) is 0.120. The van der Waals surface area contributed by atoms with E-state index in [1.54, 1.807) is 0 Å². The van der Waals surface area contributed by atoms with E-state index in [1.807, 2.05) is 61.5 Å². The number of rotatable bonds is 6. The van der Waals surface area contributed by atoms with Crippen molar-refractivity contribution in [2.24, 2.45) is 0 Å². The van der Waals surface area contributed by atoms with Gasteiger partial charge in [-0.2, -0.15) is 0 Å². The van der Waals surface area contributed by atoms with Crippen molar-refractivity contribution in [2.75, 3.05) is 11.9 Å². The Morgan fingerprint density at radius 2 is 1.50 bits per heavy atom. The zero-order valence-corrected chi connectivity index (χ0v) is 16.6. The summed E-state index contributed by atoms with van der Waals surface area (Å²) >= 11 is 0. The molecule has 4 nitrogen and oxygen atoms in total. The van der Waals surface area contributed by atoms with E-state index < -0.39 is 5.82 Å². The standard InChI is InChI=1S/C25H21FN2O2/c1-17-7-5-6-10-21(17)27-23-22(19-11-13-20(26)14-12-19)24(29)28(25(23)30)16-15-18-8-3-2-4-9-18/h2-14,27H,15-16H2,1H3. The Balaban J connectivity index is 1.69. The maximum Gasteiger partial charge on any atom is 0.278 e. The molecular formula is C25H21FN2O2. The fourth-order valence-corrected chi connectivity index (χ4v) is 3.51. The van der Waals surface area contributed by atoms with Gasteiger partial charge in [0.05, 0.1) is 5.57 Å². The largest absolute Gasteiger partial charge is 0.350 e. The molecule has 0 radical (unpaired) electrons. The predicted octanol–water partition coefficient (Wildman–Crippen LogP) is 4.57. The second-order valence-electron chi connectivity index (χ2n) is 7.19. The summed E-state index contributed by atoms with van der Waals surface area (Å²) in [5.74, 6) is -1.15. The van der Waals surface area contributed by atoms with E-state index in [-0.39, 0.29) is 29.6 Å². The molecule has 0 saturated carbocycles. The molecular weight excluding hydrogens is 379 g/mol. The van der Waals surface area contributed by atoms with E-state index in [2.05, 4.69) is 5.32 Å². The minimum absolute atomic E-state index is 0.217. The Morgan fingerprint density at radius 3 is 2.20 bits per heavy atom. The number of benzene rings is 3. The Morgan fingerprint density at radius 1 is 0.833 bits per heavy atom. The van der Waals surface area contributed by atoms with Gasteiger partial charge in [-0.3, -0.25) is 14.5 Å². The quantitative estimate of drug-likeness (QED) is 0.617. The van der Waals surface area contributed by atoms with Crippen molar-refractivity contribution in [3.05, 3.63) is 107 Å². The second kappa shape index (κ2) is 8.33. The van der Waals surface area contributed by atoms with Crippen molar-refractivity contribution in [1.82, 2.24) is 4.90 Å². The Kier molecular flexibility index (Phi) is 5.44. The van der Waals surface area contributed by atoms with Gasteiger partial charge >= 0.3 is 0 Å². The molecule has 1 aliphatic heterocycles. The molecule has 4 rings (SSSR count). The number of halogens is 1. The maximum absolute atomic E-state index is 13.4. The SMILES string of the molecule is Cc1ccccc1NC1=C(c2ccc(F)cc2)C(=O)N(CCc2ccccc2)C1=O. The van der Waals surface area contributed by atoms with Crippen LogP contribution < -0.4 is 5.32 Å². The summed E-state index contributed by atoms with van der Waals surface area (Å²) in [5, 5.41) is 3.15. The molecule has 0 unspecified atom stereocenters. The topological polar surface area (TPSA) is 49.4 Å². The molecule has 3 aromatic carbocycles. The van der Waals surface area contributed by atoms with E-state index in [0.717, 1.165) is 16.8 Å². The second-order valence-corrected chi connectivity index (χ2v) is 7.19. The maximum atomic E-state index is 13.4. The number of para-hydroxylation sites is 1. The molecule has 0 bridgehead atoms. The molecule has 0 aromatic heterocycles. The van der Waals surface area contributed by atoms with Crippen molar-refractivity contribution in [1.29, 1.82) is 0 Å². The number of anilines is 1. The average molecular weight is 400 g/mol. The number of nitrogens with one attached hydrogen (secondary N) is 1. The molecule has 3 aromatic rings. The Bertz CT molecular complexity index is 1120.